The fourth-order valence-corrected chi connectivity index (χ4v) is 12.9. The number of fused-ring (bicyclic) bond motifs is 14. The number of hydrogen-bond acceptors (Lipinski definition) is 3. The van der Waals surface area contributed by atoms with Crippen LogP contribution in [-0.4, -0.2) is 6.85 Å². The molecule has 0 spiro atoms. The molecule has 11 aromatic carbocycles. The van der Waals surface area contributed by atoms with E-state index in [1.807, 2.05) is 0 Å². The van der Waals surface area contributed by atoms with Gasteiger partial charge in [-0.25, -0.2) is 0 Å². The number of hydrogen-bond donors (Lipinski definition) is 0. The molecule has 1 aromatic heterocycles. The number of anilines is 5. The van der Waals surface area contributed by atoms with Gasteiger partial charge in [-0.15, -0.1) is 0 Å². The van der Waals surface area contributed by atoms with Crippen molar-refractivity contribution in [3.63, 3.8) is 0 Å². The summed E-state index contributed by atoms with van der Waals surface area (Å²) in [6.07, 6.45) is 0. The Kier molecular flexibility index (Phi) is 8.78. The highest BCUT2D eigenvalue weighted by atomic mass is 16.3. The molecule has 2 aliphatic heterocycles. The fraction of sp³-hybridized carbons (Fsp3) is 0.101. The van der Waals surface area contributed by atoms with E-state index in [4.69, 9.17) is 4.42 Å². The lowest BCUT2D eigenvalue weighted by molar-refractivity contribution is 0.590. The molecule has 0 bridgehead atoms. The zero-order chi connectivity index (χ0) is 48.9. The molecule has 15 rings (SSSR count). The monoisotopic (exact) mass is 934 g/mol. The van der Waals surface area contributed by atoms with E-state index >= 15 is 0 Å². The van der Waals surface area contributed by atoms with Gasteiger partial charge in [0.2, 0.25) is 0 Å². The molecule has 0 saturated carbocycles. The Morgan fingerprint density at radius 1 is 0.452 bits per heavy atom. The number of rotatable bonds is 4. The van der Waals surface area contributed by atoms with Crippen LogP contribution in [0.5, 0.6) is 0 Å². The Morgan fingerprint density at radius 2 is 1.12 bits per heavy atom. The summed E-state index contributed by atoms with van der Waals surface area (Å²) in [6.45, 7) is 11.5. The Bertz CT molecular complexity index is 4280. The Labute approximate surface area is 426 Å². The molecular weight excluding hydrogens is 884 g/mol. The third kappa shape index (κ3) is 6.07. The predicted molar refractivity (Wildman–Crippen MR) is 310 cm³/mol. The number of nitrogens with zero attached hydrogens (tertiary/aromatic N) is 2. The van der Waals surface area contributed by atoms with Crippen molar-refractivity contribution in [3.8, 4) is 44.5 Å². The van der Waals surface area contributed by atoms with Crippen LogP contribution < -0.4 is 20.6 Å². The van der Waals surface area contributed by atoms with Crippen molar-refractivity contribution >= 4 is 89.7 Å². The molecule has 4 heteroatoms. The van der Waals surface area contributed by atoms with Crippen molar-refractivity contribution in [2.24, 2.45) is 0 Å². The van der Waals surface area contributed by atoms with E-state index in [9.17, 15) is 0 Å². The second-order valence-electron chi connectivity index (χ2n) is 22.0. The predicted octanol–water partition coefficient (Wildman–Crippen LogP) is 17.5. The first kappa shape index (κ1) is 42.1. The molecule has 3 nitrogen and oxygen atoms in total. The smallest absolute Gasteiger partial charge is 0.333 e. The van der Waals surface area contributed by atoms with Crippen LogP contribution in [-0.2, 0) is 10.8 Å². The van der Waals surface area contributed by atoms with Crippen molar-refractivity contribution in [1.82, 2.24) is 0 Å². The summed E-state index contributed by atoms with van der Waals surface area (Å²) < 4.78 is 7.42. The van der Waals surface area contributed by atoms with E-state index in [-0.39, 0.29) is 17.7 Å². The maximum atomic E-state index is 7.42. The van der Waals surface area contributed by atoms with E-state index in [0.717, 1.165) is 50.1 Å². The highest BCUT2D eigenvalue weighted by Crippen LogP contribution is 2.57. The first-order valence-electron chi connectivity index (χ1n) is 25.8. The number of benzene rings is 11. The molecule has 12 aromatic rings. The van der Waals surface area contributed by atoms with Gasteiger partial charge in [-0.1, -0.05) is 198 Å². The SMILES string of the molecule is CC(C)(C)c1ccc(N2c3cc4ccccc4c4c3B(c3ccc5c(oc6cc7ccccc7cc65)c32)N(c2ccc(-c3ccccc3)cc2)c2cc3c(cc2-4)-c2ccccc2C3(C)C)c(-c2ccccc2)c1. The fourth-order valence-electron chi connectivity index (χ4n) is 12.9. The molecule has 0 fully saturated rings. The van der Waals surface area contributed by atoms with Gasteiger partial charge in [-0.3, -0.25) is 0 Å². The van der Waals surface area contributed by atoms with Crippen LogP contribution in [0.1, 0.15) is 51.3 Å². The molecule has 1 aliphatic carbocycles. The Hall–Kier alpha value is -8.60. The lowest BCUT2D eigenvalue weighted by atomic mass is 9.43. The van der Waals surface area contributed by atoms with E-state index < -0.39 is 0 Å². The largest absolute Gasteiger partial charge is 0.454 e. The standard InChI is InChI=1S/C69H51BN2O/c1-68(2,3)48-30-35-60(53(39-48)44-20-10-7-11-21-44)71-62-37-47-24-14-15-25-50(47)64-56-40-54-51-26-16-17-27-57(51)69(4,5)58(54)41-61(56)72(49-31-28-43(29-32-49)42-18-8-6-9-19-42)70(65(62)64)59-34-33-52-55-36-45-22-12-13-23-46(45)38-63(55)73-67(52)66(59)71/h6-41H,1-5H3. The van der Waals surface area contributed by atoms with Gasteiger partial charge in [0, 0.05) is 44.4 Å². The molecule has 0 radical (unpaired) electrons. The molecule has 0 unspecified atom stereocenters. The first-order chi connectivity index (χ1) is 35.6. The van der Waals surface area contributed by atoms with Crippen molar-refractivity contribution in [2.75, 3.05) is 9.71 Å². The summed E-state index contributed by atoms with van der Waals surface area (Å²) in [6, 6.07) is 81.9. The zero-order valence-electron chi connectivity index (χ0n) is 41.7. The lowest BCUT2D eigenvalue weighted by Crippen LogP contribution is -2.61. The van der Waals surface area contributed by atoms with Gasteiger partial charge in [0.15, 0.2) is 5.58 Å². The molecule has 73 heavy (non-hydrogen) atoms. The quantitative estimate of drug-likeness (QED) is 0.164. The summed E-state index contributed by atoms with van der Waals surface area (Å²) in [5.41, 5.74) is 23.6. The summed E-state index contributed by atoms with van der Waals surface area (Å²) in [4.78, 5) is 5.26. The van der Waals surface area contributed by atoms with Gasteiger partial charge in [0.1, 0.15) is 5.58 Å². The molecule has 0 atom stereocenters. The summed E-state index contributed by atoms with van der Waals surface area (Å²) in [5, 5.41) is 7.04. The molecule has 0 N–H and O–H groups in total. The molecule has 0 saturated heterocycles. The minimum Gasteiger partial charge on any atom is -0.454 e. The van der Waals surface area contributed by atoms with Gasteiger partial charge in [-0.05, 0) is 143 Å². The summed E-state index contributed by atoms with van der Waals surface area (Å²) >= 11 is 0. The van der Waals surface area contributed by atoms with Crippen LogP contribution in [0.3, 0.4) is 0 Å². The third-order valence-corrected chi connectivity index (χ3v) is 16.5. The highest BCUT2D eigenvalue weighted by Gasteiger charge is 2.48. The second kappa shape index (κ2) is 15.2. The number of furan rings is 1. The van der Waals surface area contributed by atoms with E-state index in [1.165, 1.54) is 94.0 Å². The van der Waals surface area contributed by atoms with Crippen LogP contribution in [0.2, 0.25) is 0 Å². The molecule has 3 aliphatic rings. The first-order valence-corrected chi connectivity index (χ1v) is 25.8. The van der Waals surface area contributed by atoms with Crippen LogP contribution in [0.25, 0.3) is 88.0 Å². The van der Waals surface area contributed by atoms with Gasteiger partial charge in [0.25, 0.3) is 0 Å². The van der Waals surface area contributed by atoms with Gasteiger partial charge < -0.3 is 14.1 Å². The van der Waals surface area contributed by atoms with Crippen molar-refractivity contribution < 1.29 is 4.42 Å². The van der Waals surface area contributed by atoms with E-state index in [1.54, 1.807) is 0 Å². The van der Waals surface area contributed by atoms with Crippen LogP contribution in [0.15, 0.2) is 223 Å². The minimum atomic E-state index is -0.230. The van der Waals surface area contributed by atoms with Crippen LogP contribution in [0, 0.1) is 0 Å². The summed E-state index contributed by atoms with van der Waals surface area (Å²) in [5.74, 6) is 0. The van der Waals surface area contributed by atoms with Crippen molar-refractivity contribution in [3.05, 3.63) is 235 Å². The normalized spacial score (nSPS) is 14.1. The molecule has 346 valence electrons. The topological polar surface area (TPSA) is 19.6 Å². The van der Waals surface area contributed by atoms with Gasteiger partial charge in [-0.2, -0.15) is 0 Å². The summed E-state index contributed by atoms with van der Waals surface area (Å²) in [7, 11) is 0. The van der Waals surface area contributed by atoms with E-state index in [2.05, 4.69) is 263 Å². The molecular formula is C69H51BN2O. The molecule has 3 heterocycles. The molecule has 0 amide bonds. The van der Waals surface area contributed by atoms with E-state index in [0.29, 0.717) is 0 Å². The van der Waals surface area contributed by atoms with Crippen molar-refractivity contribution in [2.45, 2.75) is 45.4 Å². The van der Waals surface area contributed by atoms with Crippen LogP contribution in [0.4, 0.5) is 28.4 Å². The minimum absolute atomic E-state index is 0.0726. The third-order valence-electron chi connectivity index (χ3n) is 16.5. The highest BCUT2D eigenvalue weighted by molar-refractivity contribution is 6.94. The Morgan fingerprint density at radius 3 is 1.89 bits per heavy atom. The van der Waals surface area contributed by atoms with Crippen LogP contribution >= 0.6 is 0 Å². The average Bonchev–Trinajstić information content (AvgIpc) is 3.90. The second-order valence-corrected chi connectivity index (χ2v) is 22.0. The maximum Gasteiger partial charge on any atom is 0.333 e. The van der Waals surface area contributed by atoms with Crippen molar-refractivity contribution in [1.29, 1.82) is 0 Å². The van der Waals surface area contributed by atoms with Gasteiger partial charge in [0.05, 0.1) is 11.4 Å². The lowest BCUT2D eigenvalue weighted by Gasteiger charge is -2.46. The Balaban J connectivity index is 1.11. The maximum absolute atomic E-state index is 7.42. The zero-order valence-corrected chi connectivity index (χ0v) is 41.7. The average molecular weight is 935 g/mol. The van der Waals surface area contributed by atoms with Gasteiger partial charge >= 0.3 is 6.85 Å².